The fourth-order valence-corrected chi connectivity index (χ4v) is 4.43. The van der Waals surface area contributed by atoms with Gasteiger partial charge in [0.1, 0.15) is 11.7 Å². The number of hydrogen-bond donors (Lipinski definition) is 0. The van der Waals surface area contributed by atoms with E-state index in [1.165, 1.54) is 0 Å². The van der Waals surface area contributed by atoms with Crippen molar-refractivity contribution in [2.45, 2.75) is 13.0 Å². The Hall–Kier alpha value is -1.79. The molecule has 4 rings (SSSR count). The summed E-state index contributed by atoms with van der Waals surface area (Å²) in [4.78, 5) is 13.3. The molecule has 1 saturated heterocycles. The summed E-state index contributed by atoms with van der Waals surface area (Å²) in [5, 5.41) is 0.473. The maximum atomic E-state index is 15.2. The predicted molar refractivity (Wildman–Crippen MR) is 101 cm³/mol. The molecule has 5 nitrogen and oxygen atoms in total. The third-order valence-corrected chi connectivity index (χ3v) is 6.02. The van der Waals surface area contributed by atoms with Crippen LogP contribution in [0.15, 0.2) is 17.4 Å². The Morgan fingerprint density at radius 3 is 2.60 bits per heavy atom. The summed E-state index contributed by atoms with van der Waals surface area (Å²) >= 11 is 6.61. The summed E-state index contributed by atoms with van der Waals surface area (Å²) in [5.74, 6) is 1.06. The lowest BCUT2D eigenvalue weighted by Gasteiger charge is -2.42. The van der Waals surface area contributed by atoms with Gasteiger partial charge in [-0.1, -0.05) is 18.2 Å². The number of halogens is 2. The number of fused-ring (bicyclic) bond motifs is 2. The van der Waals surface area contributed by atoms with Crippen LogP contribution < -0.4 is 9.80 Å². The summed E-state index contributed by atoms with van der Waals surface area (Å²) in [6.07, 6.45) is 0. The Morgan fingerprint density at radius 2 is 1.88 bits per heavy atom. The van der Waals surface area contributed by atoms with Crippen LogP contribution in [-0.4, -0.2) is 69.0 Å². The highest BCUT2D eigenvalue weighted by Crippen LogP contribution is 2.46. The molecule has 0 aromatic heterocycles. The first-order valence-corrected chi connectivity index (χ1v) is 8.88. The Morgan fingerprint density at radius 1 is 1.16 bits per heavy atom. The minimum Gasteiger partial charge on any atom is -0.371 e. The summed E-state index contributed by atoms with van der Waals surface area (Å²) < 4.78 is 15.2. The number of aliphatic imine (C=N–C) groups is 1. The van der Waals surface area contributed by atoms with Crippen molar-refractivity contribution >= 4 is 28.8 Å². The smallest absolute Gasteiger partial charge is 0.152 e. The number of amidine groups is 1. The number of piperazine rings is 1. The first-order valence-electron chi connectivity index (χ1n) is 8.50. The minimum atomic E-state index is -0.291. The lowest BCUT2D eigenvalue weighted by Crippen LogP contribution is -2.56. The van der Waals surface area contributed by atoms with Gasteiger partial charge in [-0.25, -0.2) is 9.38 Å². The predicted octanol–water partition coefficient (Wildman–Crippen LogP) is 2.52. The Labute approximate surface area is 153 Å². The first-order chi connectivity index (χ1) is 11.8. The van der Waals surface area contributed by atoms with E-state index in [1.54, 1.807) is 18.9 Å². The molecule has 7 heteroatoms. The van der Waals surface area contributed by atoms with Crippen LogP contribution in [0.3, 0.4) is 0 Å². The molecule has 0 aliphatic carbocycles. The zero-order chi connectivity index (χ0) is 18.0. The van der Waals surface area contributed by atoms with Crippen molar-refractivity contribution in [2.75, 3.05) is 57.1 Å². The van der Waals surface area contributed by atoms with Gasteiger partial charge in [-0.05, 0) is 14.0 Å². The molecule has 0 N–H and O–H groups in total. The van der Waals surface area contributed by atoms with Gasteiger partial charge in [0.05, 0.1) is 28.0 Å². The quantitative estimate of drug-likeness (QED) is 0.707. The molecule has 25 heavy (non-hydrogen) atoms. The highest BCUT2D eigenvalue weighted by Gasteiger charge is 2.40. The van der Waals surface area contributed by atoms with Gasteiger partial charge in [-0.2, -0.15) is 0 Å². The number of hydrogen-bond acceptors (Lipinski definition) is 5. The third kappa shape index (κ3) is 2.27. The van der Waals surface area contributed by atoms with Crippen LogP contribution in [-0.2, 0) is 0 Å². The topological polar surface area (TPSA) is 25.3 Å². The van der Waals surface area contributed by atoms with Gasteiger partial charge in [-0.3, -0.25) is 0 Å². The maximum absolute atomic E-state index is 15.2. The highest BCUT2D eigenvalue weighted by atomic mass is 35.5. The third-order valence-electron chi connectivity index (χ3n) is 5.55. The van der Waals surface area contributed by atoms with Gasteiger partial charge in [0, 0.05) is 45.8 Å². The normalized spacial score (nSPS) is 23.3. The van der Waals surface area contributed by atoms with Crippen LogP contribution >= 0.6 is 11.6 Å². The van der Waals surface area contributed by atoms with Gasteiger partial charge in [0.2, 0.25) is 0 Å². The van der Waals surface area contributed by atoms with E-state index in [1.807, 2.05) is 7.05 Å². The number of anilines is 2. The molecule has 1 atom stereocenters. The van der Waals surface area contributed by atoms with E-state index < -0.39 is 0 Å². The molecule has 0 saturated carbocycles. The molecule has 0 radical (unpaired) electrons. The van der Waals surface area contributed by atoms with Crippen LogP contribution in [0.2, 0.25) is 5.02 Å². The number of rotatable bonds is 0. The fourth-order valence-electron chi connectivity index (χ4n) is 4.11. The van der Waals surface area contributed by atoms with Crippen LogP contribution in [0, 0.1) is 12.7 Å². The first kappa shape index (κ1) is 16.7. The largest absolute Gasteiger partial charge is 0.371 e. The van der Waals surface area contributed by atoms with Crippen molar-refractivity contribution in [1.82, 2.24) is 9.80 Å². The number of likely N-dealkylation sites (N-methyl/N-ethyl adjacent to an activating group) is 2. The van der Waals surface area contributed by atoms with Crippen molar-refractivity contribution in [3.8, 4) is 0 Å². The van der Waals surface area contributed by atoms with E-state index >= 15 is 4.39 Å². The molecule has 1 unspecified atom stereocenters. The van der Waals surface area contributed by atoms with E-state index in [2.05, 4.69) is 28.3 Å². The second-order valence-electron chi connectivity index (χ2n) is 7.23. The second kappa shape index (κ2) is 5.61. The van der Waals surface area contributed by atoms with Gasteiger partial charge in [-0.15, -0.1) is 0 Å². The molecule has 0 bridgehead atoms. The summed E-state index contributed by atoms with van der Waals surface area (Å²) in [5.41, 5.74) is 2.65. The van der Waals surface area contributed by atoms with Crippen molar-refractivity contribution in [1.29, 1.82) is 0 Å². The van der Waals surface area contributed by atoms with Crippen molar-refractivity contribution in [3.05, 3.63) is 34.4 Å². The molecule has 0 amide bonds. The zero-order valence-electron chi connectivity index (χ0n) is 15.1. The molecule has 3 aliphatic rings. The molecule has 0 spiro atoms. The molecule has 3 aliphatic heterocycles. The van der Waals surface area contributed by atoms with E-state index in [0.717, 1.165) is 43.3 Å². The van der Waals surface area contributed by atoms with E-state index in [0.29, 0.717) is 22.1 Å². The minimum absolute atomic E-state index is 0.276. The van der Waals surface area contributed by atoms with Gasteiger partial charge >= 0.3 is 0 Å². The lowest BCUT2D eigenvalue weighted by atomic mass is 10.0. The standard InChI is InChI=1S/C18H23ClFN5/c1-10-14(19)16-13-17(15(10)20)24(5)11(2)21-18(13)25-7-6-22(3)8-12(25)9-23(16)4/h12H,2,6-9H2,1,3-5H3. The fraction of sp³-hybridized carbons (Fsp3) is 0.500. The van der Waals surface area contributed by atoms with E-state index in [-0.39, 0.29) is 11.9 Å². The highest BCUT2D eigenvalue weighted by molar-refractivity contribution is 6.36. The van der Waals surface area contributed by atoms with Crippen LogP contribution in [0.1, 0.15) is 11.1 Å². The molecular weight excluding hydrogens is 341 g/mol. The molecule has 134 valence electrons. The molecule has 1 aromatic carbocycles. The second-order valence-corrected chi connectivity index (χ2v) is 7.60. The molecule has 1 aromatic rings. The van der Waals surface area contributed by atoms with E-state index in [9.17, 15) is 0 Å². The van der Waals surface area contributed by atoms with Crippen molar-refractivity contribution in [3.63, 3.8) is 0 Å². The maximum Gasteiger partial charge on any atom is 0.152 e. The molecule has 3 heterocycles. The SMILES string of the molecule is C=C1N=C2c3c(c(Cl)c(C)c(F)c3N1C)N(C)CC1CN(C)CCN21. The lowest BCUT2D eigenvalue weighted by molar-refractivity contribution is 0.156. The summed E-state index contributed by atoms with van der Waals surface area (Å²) in [6.45, 7) is 9.33. The van der Waals surface area contributed by atoms with Gasteiger partial charge < -0.3 is 19.6 Å². The molecule has 1 fully saturated rings. The van der Waals surface area contributed by atoms with Gasteiger partial charge in [0.15, 0.2) is 5.82 Å². The summed E-state index contributed by atoms with van der Waals surface area (Å²) in [6, 6.07) is 0.276. The van der Waals surface area contributed by atoms with Gasteiger partial charge in [0.25, 0.3) is 0 Å². The van der Waals surface area contributed by atoms with Crippen molar-refractivity contribution < 1.29 is 4.39 Å². The van der Waals surface area contributed by atoms with Crippen LogP contribution in [0.25, 0.3) is 0 Å². The van der Waals surface area contributed by atoms with Crippen LogP contribution in [0.5, 0.6) is 0 Å². The number of nitrogens with zero attached hydrogens (tertiary/aromatic N) is 5. The van der Waals surface area contributed by atoms with Crippen molar-refractivity contribution in [2.24, 2.45) is 4.99 Å². The molecular formula is C18H23ClFN5. The Balaban J connectivity index is 2.03. The zero-order valence-corrected chi connectivity index (χ0v) is 15.9. The summed E-state index contributed by atoms with van der Waals surface area (Å²) in [7, 11) is 5.96. The monoisotopic (exact) mass is 363 g/mol. The Kier molecular flexibility index (Phi) is 3.74. The number of benzene rings is 1. The average Bonchev–Trinajstić information content (AvgIpc) is 2.67. The average molecular weight is 364 g/mol. The van der Waals surface area contributed by atoms with E-state index in [4.69, 9.17) is 16.6 Å². The van der Waals surface area contributed by atoms with Crippen LogP contribution in [0.4, 0.5) is 15.8 Å². The Bertz CT molecular complexity index is 805.